The second-order valence-corrected chi connectivity index (χ2v) is 9.00. The van der Waals surface area contributed by atoms with Crippen molar-refractivity contribution >= 4 is 23.3 Å². The molecule has 1 unspecified atom stereocenters. The summed E-state index contributed by atoms with van der Waals surface area (Å²) < 4.78 is 6.14. The van der Waals surface area contributed by atoms with Crippen LogP contribution in [0, 0.1) is 6.92 Å². The lowest BCUT2D eigenvalue weighted by atomic mass is 10.0. The van der Waals surface area contributed by atoms with Crippen LogP contribution in [0.15, 0.2) is 48.4 Å². The average Bonchev–Trinajstić information content (AvgIpc) is 3.21. The van der Waals surface area contributed by atoms with E-state index < -0.39 is 0 Å². The molecule has 6 nitrogen and oxygen atoms in total. The minimum absolute atomic E-state index is 0.00487. The fourth-order valence-corrected chi connectivity index (χ4v) is 4.66. The van der Waals surface area contributed by atoms with Crippen LogP contribution in [0.3, 0.4) is 0 Å². The van der Waals surface area contributed by atoms with Gasteiger partial charge in [0.05, 0.1) is 6.04 Å². The largest absolute Gasteiger partial charge is 0.491 e. The number of carbonyl (C=O) groups excluding carboxylic acids is 2. The fourth-order valence-electron chi connectivity index (χ4n) is 3.73. The van der Waals surface area contributed by atoms with Crippen molar-refractivity contribution in [3.63, 3.8) is 0 Å². The Labute approximate surface area is 188 Å². The zero-order valence-corrected chi connectivity index (χ0v) is 19.3. The van der Waals surface area contributed by atoms with Gasteiger partial charge in [0.2, 0.25) is 5.91 Å². The zero-order valence-electron chi connectivity index (χ0n) is 18.5. The van der Waals surface area contributed by atoms with Crippen molar-refractivity contribution in [2.24, 2.45) is 0 Å². The van der Waals surface area contributed by atoms with E-state index in [0.29, 0.717) is 19.7 Å². The number of fused-ring (bicyclic) bond motifs is 1. The Morgan fingerprint density at radius 3 is 2.84 bits per heavy atom. The number of nitrogens with zero attached hydrogens (tertiary/aromatic N) is 2. The van der Waals surface area contributed by atoms with Crippen molar-refractivity contribution in [1.82, 2.24) is 15.1 Å². The van der Waals surface area contributed by atoms with Gasteiger partial charge in [-0.1, -0.05) is 24.3 Å². The molecule has 2 heterocycles. The molecule has 0 saturated carbocycles. The number of benzene rings is 1. The van der Waals surface area contributed by atoms with Gasteiger partial charge in [0.15, 0.2) is 0 Å². The zero-order chi connectivity index (χ0) is 22.4. The van der Waals surface area contributed by atoms with Gasteiger partial charge < -0.3 is 19.9 Å². The molecule has 3 rings (SSSR count). The highest BCUT2D eigenvalue weighted by Crippen LogP contribution is 2.34. The maximum atomic E-state index is 13.3. The summed E-state index contributed by atoms with van der Waals surface area (Å²) in [4.78, 5) is 30.5. The van der Waals surface area contributed by atoms with Crippen molar-refractivity contribution in [2.45, 2.75) is 39.3 Å². The Balaban J connectivity index is 1.77. The highest BCUT2D eigenvalue weighted by Gasteiger charge is 2.33. The number of carbonyl (C=O) groups is 2. The SMILES string of the molecule is C=CCN(CC(=O)N1CCc2sccc2C1COc1ccccc1C)C(=O)NC(C)C. The van der Waals surface area contributed by atoms with Crippen LogP contribution in [-0.4, -0.2) is 54.0 Å². The molecule has 0 aliphatic carbocycles. The summed E-state index contributed by atoms with van der Waals surface area (Å²) >= 11 is 1.72. The molecule has 3 amide bonds. The second-order valence-electron chi connectivity index (χ2n) is 8.00. The average molecular weight is 442 g/mol. The molecule has 166 valence electrons. The van der Waals surface area contributed by atoms with Gasteiger partial charge in [-0.3, -0.25) is 4.79 Å². The third kappa shape index (κ3) is 5.67. The molecule has 0 spiro atoms. The number of ether oxygens (including phenoxy) is 1. The molecule has 1 aromatic heterocycles. The third-order valence-corrected chi connectivity index (χ3v) is 6.28. The van der Waals surface area contributed by atoms with E-state index in [1.54, 1.807) is 17.4 Å². The van der Waals surface area contributed by atoms with Crippen LogP contribution in [0.4, 0.5) is 4.79 Å². The summed E-state index contributed by atoms with van der Waals surface area (Å²) in [6.45, 7) is 10.8. The maximum absolute atomic E-state index is 13.3. The molecule has 1 atom stereocenters. The van der Waals surface area contributed by atoms with Crippen LogP contribution in [0.5, 0.6) is 5.75 Å². The molecule has 1 N–H and O–H groups in total. The number of para-hydroxylation sites is 1. The molecule has 0 fully saturated rings. The van der Waals surface area contributed by atoms with Crippen molar-refractivity contribution in [1.29, 1.82) is 0 Å². The summed E-state index contributed by atoms with van der Waals surface area (Å²) in [7, 11) is 0. The van der Waals surface area contributed by atoms with Gasteiger partial charge in [0, 0.05) is 24.0 Å². The first-order chi connectivity index (χ1) is 14.9. The summed E-state index contributed by atoms with van der Waals surface area (Å²) in [6, 6.07) is 9.52. The van der Waals surface area contributed by atoms with E-state index in [4.69, 9.17) is 4.74 Å². The smallest absolute Gasteiger partial charge is 0.318 e. The van der Waals surface area contributed by atoms with E-state index in [9.17, 15) is 9.59 Å². The monoisotopic (exact) mass is 441 g/mol. The second kappa shape index (κ2) is 10.5. The standard InChI is InChI=1S/C24H31N3O3S/c1-5-12-26(24(29)25-17(2)3)15-23(28)27-13-10-22-19(11-14-31-22)20(27)16-30-21-9-7-6-8-18(21)4/h5-9,11,14,17,20H,1,10,12-13,15-16H2,2-4H3,(H,25,29). The first kappa shape index (κ1) is 22.9. The topological polar surface area (TPSA) is 61.9 Å². The third-order valence-electron chi connectivity index (χ3n) is 5.28. The van der Waals surface area contributed by atoms with Gasteiger partial charge >= 0.3 is 6.03 Å². The first-order valence-electron chi connectivity index (χ1n) is 10.6. The minimum Gasteiger partial charge on any atom is -0.491 e. The van der Waals surface area contributed by atoms with Crippen LogP contribution in [-0.2, 0) is 11.2 Å². The van der Waals surface area contributed by atoms with E-state index in [-0.39, 0.29) is 30.6 Å². The predicted octanol–water partition coefficient (Wildman–Crippen LogP) is 4.17. The van der Waals surface area contributed by atoms with Gasteiger partial charge in [-0.05, 0) is 55.8 Å². The minimum atomic E-state index is -0.260. The van der Waals surface area contributed by atoms with Crippen LogP contribution >= 0.6 is 11.3 Å². The van der Waals surface area contributed by atoms with E-state index >= 15 is 0 Å². The molecular weight excluding hydrogens is 410 g/mol. The molecule has 2 aromatic rings. The van der Waals surface area contributed by atoms with E-state index in [0.717, 1.165) is 23.3 Å². The number of aryl methyl sites for hydroxylation is 1. The molecular formula is C24H31N3O3S. The molecule has 7 heteroatoms. The van der Waals surface area contributed by atoms with Crippen molar-refractivity contribution < 1.29 is 14.3 Å². The Hall–Kier alpha value is -2.80. The van der Waals surface area contributed by atoms with Gasteiger partial charge in [-0.15, -0.1) is 17.9 Å². The summed E-state index contributed by atoms with van der Waals surface area (Å²) in [5, 5.41) is 4.93. The molecule has 1 aromatic carbocycles. The van der Waals surface area contributed by atoms with Gasteiger partial charge in [-0.2, -0.15) is 0 Å². The van der Waals surface area contributed by atoms with Gasteiger partial charge in [0.1, 0.15) is 18.9 Å². The Morgan fingerprint density at radius 2 is 2.13 bits per heavy atom. The normalized spacial score (nSPS) is 15.4. The number of hydrogen-bond acceptors (Lipinski definition) is 4. The van der Waals surface area contributed by atoms with Crippen LogP contribution < -0.4 is 10.1 Å². The van der Waals surface area contributed by atoms with E-state index in [1.165, 1.54) is 9.78 Å². The van der Waals surface area contributed by atoms with Crippen molar-refractivity contribution in [3.05, 3.63) is 64.4 Å². The lowest BCUT2D eigenvalue weighted by Gasteiger charge is -2.37. The summed E-state index contributed by atoms with van der Waals surface area (Å²) in [5.74, 6) is 0.734. The highest BCUT2D eigenvalue weighted by molar-refractivity contribution is 7.10. The van der Waals surface area contributed by atoms with Gasteiger partial charge in [0.25, 0.3) is 0 Å². The van der Waals surface area contributed by atoms with Crippen LogP contribution in [0.2, 0.25) is 0 Å². The number of rotatable bonds is 8. The van der Waals surface area contributed by atoms with Crippen LogP contribution in [0.25, 0.3) is 0 Å². The van der Waals surface area contributed by atoms with Crippen LogP contribution in [0.1, 0.15) is 35.9 Å². The Bertz CT molecular complexity index is 924. The number of hydrogen-bond donors (Lipinski definition) is 1. The van der Waals surface area contributed by atoms with E-state index in [2.05, 4.69) is 23.3 Å². The maximum Gasteiger partial charge on any atom is 0.318 e. The lowest BCUT2D eigenvalue weighted by molar-refractivity contribution is -0.135. The molecule has 0 saturated heterocycles. The van der Waals surface area contributed by atoms with Gasteiger partial charge in [-0.25, -0.2) is 4.79 Å². The number of thiophene rings is 1. The lowest BCUT2D eigenvalue weighted by Crippen LogP contribution is -2.50. The number of urea groups is 1. The molecule has 0 radical (unpaired) electrons. The molecule has 1 aliphatic heterocycles. The van der Waals surface area contributed by atoms with Crippen molar-refractivity contribution in [2.75, 3.05) is 26.2 Å². The molecule has 1 aliphatic rings. The summed E-state index contributed by atoms with van der Waals surface area (Å²) in [6.07, 6.45) is 2.46. The molecule has 31 heavy (non-hydrogen) atoms. The Kier molecular flexibility index (Phi) is 7.74. The highest BCUT2D eigenvalue weighted by atomic mass is 32.1. The van der Waals surface area contributed by atoms with E-state index in [1.807, 2.05) is 49.9 Å². The number of amides is 3. The first-order valence-corrected chi connectivity index (χ1v) is 11.5. The number of nitrogens with one attached hydrogen (secondary N) is 1. The molecule has 0 bridgehead atoms. The van der Waals surface area contributed by atoms with Crippen molar-refractivity contribution in [3.8, 4) is 5.75 Å². The Morgan fingerprint density at radius 1 is 1.35 bits per heavy atom. The summed E-state index contributed by atoms with van der Waals surface area (Å²) in [5.41, 5.74) is 2.20. The fraction of sp³-hybridized carbons (Fsp3) is 0.417. The predicted molar refractivity (Wildman–Crippen MR) is 125 cm³/mol. The quantitative estimate of drug-likeness (QED) is 0.626.